The molecule has 3 heteroatoms. The predicted molar refractivity (Wildman–Crippen MR) is 84.1 cm³/mol. The number of ether oxygens (including phenoxy) is 1. The summed E-state index contributed by atoms with van der Waals surface area (Å²) in [4.78, 5) is 2.62. The van der Waals surface area contributed by atoms with Gasteiger partial charge < -0.3 is 10.5 Å². The van der Waals surface area contributed by atoms with Crippen LogP contribution in [0.1, 0.15) is 32.3 Å². The van der Waals surface area contributed by atoms with Gasteiger partial charge in [0.2, 0.25) is 0 Å². The van der Waals surface area contributed by atoms with E-state index in [9.17, 15) is 0 Å². The Kier molecular flexibility index (Phi) is 5.44. The first-order chi connectivity index (χ1) is 9.65. The van der Waals surface area contributed by atoms with Gasteiger partial charge in [-0.05, 0) is 57.2 Å². The third-order valence-electron chi connectivity index (χ3n) is 4.64. The van der Waals surface area contributed by atoms with Crippen molar-refractivity contribution in [1.29, 1.82) is 0 Å². The summed E-state index contributed by atoms with van der Waals surface area (Å²) in [6.45, 7) is 6.60. The van der Waals surface area contributed by atoms with Gasteiger partial charge in [0, 0.05) is 18.6 Å². The van der Waals surface area contributed by atoms with Crippen molar-refractivity contribution in [2.24, 2.45) is 11.7 Å². The van der Waals surface area contributed by atoms with Gasteiger partial charge in [-0.1, -0.05) is 18.2 Å². The second-order valence-electron chi connectivity index (χ2n) is 6.09. The van der Waals surface area contributed by atoms with Crippen LogP contribution in [0.3, 0.4) is 0 Å². The average Bonchev–Trinajstić information content (AvgIpc) is 2.48. The van der Waals surface area contributed by atoms with E-state index in [-0.39, 0.29) is 0 Å². The minimum atomic E-state index is 0.524. The SMILES string of the molecule is COc1ccccc1CC(C)N1CC(CN)CCC1C. The molecule has 1 aromatic carbocycles. The number of likely N-dealkylation sites (tertiary alicyclic amines) is 1. The van der Waals surface area contributed by atoms with E-state index in [1.807, 2.05) is 12.1 Å². The van der Waals surface area contributed by atoms with Gasteiger partial charge in [-0.15, -0.1) is 0 Å². The largest absolute Gasteiger partial charge is 0.496 e. The summed E-state index contributed by atoms with van der Waals surface area (Å²) in [6.07, 6.45) is 3.57. The van der Waals surface area contributed by atoms with E-state index in [0.29, 0.717) is 18.0 Å². The maximum atomic E-state index is 5.86. The number of rotatable bonds is 5. The highest BCUT2D eigenvalue weighted by molar-refractivity contribution is 5.33. The average molecular weight is 276 g/mol. The van der Waals surface area contributed by atoms with Gasteiger partial charge in [0.05, 0.1) is 7.11 Å². The predicted octanol–water partition coefficient (Wildman–Crippen LogP) is 2.69. The van der Waals surface area contributed by atoms with Crippen LogP contribution < -0.4 is 10.5 Å². The van der Waals surface area contributed by atoms with Crippen LogP contribution in [0.5, 0.6) is 5.75 Å². The Morgan fingerprint density at radius 3 is 2.80 bits per heavy atom. The van der Waals surface area contributed by atoms with Gasteiger partial charge in [-0.2, -0.15) is 0 Å². The first-order valence-corrected chi connectivity index (χ1v) is 7.73. The van der Waals surface area contributed by atoms with Crippen molar-refractivity contribution >= 4 is 0 Å². The van der Waals surface area contributed by atoms with Crippen LogP contribution >= 0.6 is 0 Å². The molecule has 0 bridgehead atoms. The van der Waals surface area contributed by atoms with Crippen LogP contribution in [0, 0.1) is 5.92 Å². The molecule has 3 unspecified atom stereocenters. The Hall–Kier alpha value is -1.06. The van der Waals surface area contributed by atoms with Crippen molar-refractivity contribution in [2.45, 2.75) is 45.2 Å². The lowest BCUT2D eigenvalue weighted by Gasteiger charge is -2.41. The molecule has 1 fully saturated rings. The molecule has 0 aromatic heterocycles. The molecule has 1 heterocycles. The van der Waals surface area contributed by atoms with E-state index >= 15 is 0 Å². The summed E-state index contributed by atoms with van der Waals surface area (Å²) in [5, 5.41) is 0. The lowest BCUT2D eigenvalue weighted by atomic mass is 9.91. The molecule has 3 atom stereocenters. The van der Waals surface area contributed by atoms with E-state index in [1.165, 1.54) is 18.4 Å². The maximum Gasteiger partial charge on any atom is 0.122 e. The van der Waals surface area contributed by atoms with Gasteiger partial charge in [0.1, 0.15) is 5.75 Å². The van der Waals surface area contributed by atoms with Crippen molar-refractivity contribution in [3.8, 4) is 5.75 Å². The number of hydrogen-bond donors (Lipinski definition) is 1. The Morgan fingerprint density at radius 2 is 2.10 bits per heavy atom. The van der Waals surface area contributed by atoms with E-state index in [2.05, 4.69) is 30.9 Å². The fraction of sp³-hybridized carbons (Fsp3) is 0.647. The van der Waals surface area contributed by atoms with Gasteiger partial charge in [-0.25, -0.2) is 0 Å². The number of para-hydroxylation sites is 1. The highest BCUT2D eigenvalue weighted by Gasteiger charge is 2.28. The zero-order valence-corrected chi connectivity index (χ0v) is 13.0. The quantitative estimate of drug-likeness (QED) is 0.898. The maximum absolute atomic E-state index is 5.86. The van der Waals surface area contributed by atoms with Crippen LogP contribution in [0.15, 0.2) is 24.3 Å². The molecule has 2 rings (SSSR count). The Balaban J connectivity index is 2.04. The number of benzene rings is 1. The molecular formula is C17H28N2O. The van der Waals surface area contributed by atoms with Crippen LogP contribution in [0.4, 0.5) is 0 Å². The molecule has 0 saturated carbocycles. The molecule has 0 radical (unpaired) electrons. The Morgan fingerprint density at radius 1 is 1.35 bits per heavy atom. The minimum absolute atomic E-state index is 0.524. The fourth-order valence-corrected chi connectivity index (χ4v) is 3.33. The molecular weight excluding hydrogens is 248 g/mol. The lowest BCUT2D eigenvalue weighted by molar-refractivity contribution is 0.0811. The standard InChI is InChI=1S/C17H28N2O/c1-13-8-9-15(11-18)12-19(13)14(2)10-16-6-4-5-7-17(16)20-3/h4-7,13-15H,8-12,18H2,1-3H3. The molecule has 1 aromatic rings. The first-order valence-electron chi connectivity index (χ1n) is 7.73. The zero-order chi connectivity index (χ0) is 14.5. The summed E-state index contributed by atoms with van der Waals surface area (Å²) in [5.41, 5.74) is 7.16. The molecule has 112 valence electrons. The van der Waals surface area contributed by atoms with Gasteiger partial charge in [-0.3, -0.25) is 4.90 Å². The van der Waals surface area contributed by atoms with E-state index in [4.69, 9.17) is 10.5 Å². The molecule has 1 saturated heterocycles. The van der Waals surface area contributed by atoms with Gasteiger partial charge >= 0.3 is 0 Å². The first kappa shape index (κ1) is 15.3. The summed E-state index contributed by atoms with van der Waals surface area (Å²) < 4.78 is 5.46. The number of nitrogens with two attached hydrogens (primary N) is 1. The third-order valence-corrected chi connectivity index (χ3v) is 4.64. The summed E-state index contributed by atoms with van der Waals surface area (Å²) >= 11 is 0. The van der Waals surface area contributed by atoms with Gasteiger partial charge in [0.25, 0.3) is 0 Å². The second kappa shape index (κ2) is 7.09. The molecule has 0 spiro atoms. The molecule has 20 heavy (non-hydrogen) atoms. The topological polar surface area (TPSA) is 38.5 Å². The molecule has 0 aliphatic carbocycles. The smallest absolute Gasteiger partial charge is 0.122 e. The van der Waals surface area contributed by atoms with Crippen molar-refractivity contribution in [3.63, 3.8) is 0 Å². The minimum Gasteiger partial charge on any atom is -0.496 e. The van der Waals surface area contributed by atoms with E-state index < -0.39 is 0 Å². The zero-order valence-electron chi connectivity index (χ0n) is 13.0. The van der Waals surface area contributed by atoms with Crippen molar-refractivity contribution in [1.82, 2.24) is 4.90 Å². The summed E-state index contributed by atoms with van der Waals surface area (Å²) in [7, 11) is 1.75. The highest BCUT2D eigenvalue weighted by Crippen LogP contribution is 2.26. The molecule has 3 nitrogen and oxygen atoms in total. The fourth-order valence-electron chi connectivity index (χ4n) is 3.33. The Bertz CT molecular complexity index is 421. The summed E-state index contributed by atoms with van der Waals surface area (Å²) in [6, 6.07) is 9.51. The van der Waals surface area contributed by atoms with Crippen molar-refractivity contribution < 1.29 is 4.74 Å². The normalized spacial score (nSPS) is 25.4. The summed E-state index contributed by atoms with van der Waals surface area (Å²) in [5.74, 6) is 1.66. The third kappa shape index (κ3) is 3.53. The number of piperidine rings is 1. The van der Waals surface area contributed by atoms with Crippen LogP contribution in [0.2, 0.25) is 0 Å². The van der Waals surface area contributed by atoms with Crippen LogP contribution in [-0.2, 0) is 6.42 Å². The van der Waals surface area contributed by atoms with Crippen molar-refractivity contribution in [2.75, 3.05) is 20.2 Å². The number of methoxy groups -OCH3 is 1. The van der Waals surface area contributed by atoms with Gasteiger partial charge in [0.15, 0.2) is 0 Å². The molecule has 1 aliphatic rings. The second-order valence-corrected chi connectivity index (χ2v) is 6.09. The number of nitrogens with zero attached hydrogens (tertiary/aromatic N) is 1. The lowest BCUT2D eigenvalue weighted by Crippen LogP contribution is -2.48. The van der Waals surface area contributed by atoms with Crippen LogP contribution in [-0.4, -0.2) is 37.2 Å². The highest BCUT2D eigenvalue weighted by atomic mass is 16.5. The van der Waals surface area contributed by atoms with E-state index in [1.54, 1.807) is 7.11 Å². The molecule has 0 amide bonds. The monoisotopic (exact) mass is 276 g/mol. The molecule has 2 N–H and O–H groups in total. The Labute approximate surface area is 123 Å². The molecule has 1 aliphatic heterocycles. The number of hydrogen-bond acceptors (Lipinski definition) is 3. The van der Waals surface area contributed by atoms with Crippen LogP contribution in [0.25, 0.3) is 0 Å². The van der Waals surface area contributed by atoms with E-state index in [0.717, 1.165) is 25.3 Å². The van der Waals surface area contributed by atoms with Crippen molar-refractivity contribution in [3.05, 3.63) is 29.8 Å².